The summed E-state index contributed by atoms with van der Waals surface area (Å²) in [6.45, 7) is 6.63. The topological polar surface area (TPSA) is 78.9 Å². The number of unbranched alkanes of at least 4 members (excludes halogenated alkanes) is 37. The van der Waals surface area contributed by atoms with E-state index in [4.69, 9.17) is 14.2 Å². The van der Waals surface area contributed by atoms with Crippen LogP contribution in [0.3, 0.4) is 0 Å². The van der Waals surface area contributed by atoms with E-state index in [1.165, 1.54) is 186 Å². The van der Waals surface area contributed by atoms with Gasteiger partial charge >= 0.3 is 17.9 Å². The van der Waals surface area contributed by atoms with Crippen molar-refractivity contribution in [1.29, 1.82) is 0 Å². The molecule has 0 radical (unpaired) electrons. The van der Waals surface area contributed by atoms with Crippen LogP contribution in [0.2, 0.25) is 0 Å². The summed E-state index contributed by atoms with van der Waals surface area (Å²) in [4.78, 5) is 38.1. The first-order valence-electron chi connectivity index (χ1n) is 28.3. The van der Waals surface area contributed by atoms with Crippen LogP contribution < -0.4 is 0 Å². The van der Waals surface area contributed by atoms with Gasteiger partial charge in [0.1, 0.15) is 13.2 Å². The van der Waals surface area contributed by atoms with Gasteiger partial charge in [0.25, 0.3) is 0 Å². The second-order valence-corrected chi connectivity index (χ2v) is 19.2. The summed E-state index contributed by atoms with van der Waals surface area (Å²) >= 11 is 0. The van der Waals surface area contributed by atoms with E-state index in [1.807, 2.05) is 0 Å². The standard InChI is InChI=1S/C58H108O6/c1-4-7-10-13-16-19-22-25-27-28-29-30-31-34-36-39-42-45-48-51-57(60)63-54-55(53-62-56(59)50-47-44-41-38-35-32-24-21-18-15-12-9-6-3)64-58(61)52-49-46-43-40-37-33-26-23-20-17-14-11-8-5-2/h14,17,23,26,55H,4-13,15-16,18-22,24-25,27-54H2,1-3H3/b17-14-,26-23-/t55-/m1/s1. The Morgan fingerprint density at radius 3 is 0.906 bits per heavy atom. The molecule has 0 aliphatic carbocycles. The van der Waals surface area contributed by atoms with E-state index in [-0.39, 0.29) is 31.1 Å². The Balaban J connectivity index is 4.30. The number of esters is 3. The molecule has 6 heteroatoms. The van der Waals surface area contributed by atoms with Crippen molar-refractivity contribution >= 4 is 17.9 Å². The fraction of sp³-hybridized carbons (Fsp3) is 0.879. The molecule has 0 bridgehead atoms. The summed E-state index contributed by atoms with van der Waals surface area (Å²) in [7, 11) is 0. The first-order valence-corrected chi connectivity index (χ1v) is 28.3. The van der Waals surface area contributed by atoms with Crippen LogP contribution in [0.15, 0.2) is 24.3 Å². The molecule has 0 saturated heterocycles. The zero-order valence-electron chi connectivity index (χ0n) is 43.1. The molecule has 0 aromatic carbocycles. The number of hydrogen-bond acceptors (Lipinski definition) is 6. The highest BCUT2D eigenvalue weighted by Gasteiger charge is 2.19. The Kier molecular flexibility index (Phi) is 51.7. The lowest BCUT2D eigenvalue weighted by molar-refractivity contribution is -0.167. The van der Waals surface area contributed by atoms with Crippen LogP contribution in [0.5, 0.6) is 0 Å². The second kappa shape index (κ2) is 53.5. The third-order valence-corrected chi connectivity index (χ3v) is 12.7. The molecule has 0 heterocycles. The molecule has 0 fully saturated rings. The smallest absolute Gasteiger partial charge is 0.306 e. The van der Waals surface area contributed by atoms with Gasteiger partial charge in [0, 0.05) is 19.3 Å². The van der Waals surface area contributed by atoms with E-state index >= 15 is 0 Å². The molecule has 0 aromatic rings. The Labute approximate surface area is 398 Å². The minimum atomic E-state index is -0.773. The summed E-state index contributed by atoms with van der Waals surface area (Å²) in [5, 5.41) is 0. The molecule has 0 saturated carbocycles. The molecule has 0 N–H and O–H groups in total. The molecule has 64 heavy (non-hydrogen) atoms. The van der Waals surface area contributed by atoms with Gasteiger partial charge in [-0.2, -0.15) is 0 Å². The number of ether oxygens (including phenoxy) is 3. The van der Waals surface area contributed by atoms with Gasteiger partial charge in [0.2, 0.25) is 0 Å². The predicted molar refractivity (Wildman–Crippen MR) is 275 cm³/mol. The normalized spacial score (nSPS) is 12.1. The number of rotatable bonds is 52. The lowest BCUT2D eigenvalue weighted by Gasteiger charge is -2.18. The van der Waals surface area contributed by atoms with Crippen LogP contribution >= 0.6 is 0 Å². The number of carbonyl (C=O) groups excluding carboxylic acids is 3. The maximum Gasteiger partial charge on any atom is 0.306 e. The van der Waals surface area contributed by atoms with E-state index < -0.39 is 6.10 Å². The molecule has 376 valence electrons. The van der Waals surface area contributed by atoms with E-state index in [2.05, 4.69) is 45.1 Å². The lowest BCUT2D eigenvalue weighted by Crippen LogP contribution is -2.30. The average molecular weight is 901 g/mol. The molecule has 0 amide bonds. The summed E-state index contributed by atoms with van der Waals surface area (Å²) in [6.07, 6.45) is 61.6. The monoisotopic (exact) mass is 901 g/mol. The Hall–Kier alpha value is -2.11. The highest BCUT2D eigenvalue weighted by Crippen LogP contribution is 2.17. The minimum Gasteiger partial charge on any atom is -0.462 e. The van der Waals surface area contributed by atoms with Gasteiger partial charge in [-0.25, -0.2) is 0 Å². The molecule has 0 aromatic heterocycles. The van der Waals surface area contributed by atoms with E-state index in [0.717, 1.165) is 83.5 Å². The SMILES string of the molecule is CCCC/C=C\C/C=C\CCCCCCCC(=O)O[C@H](COC(=O)CCCCCCCCCCCCCCC)COC(=O)CCCCCCCCCCCCCCCCCCCCC. The number of carbonyl (C=O) groups is 3. The Bertz CT molecular complexity index is 1040. The van der Waals surface area contributed by atoms with Crippen LogP contribution in [0, 0.1) is 0 Å². The van der Waals surface area contributed by atoms with Crippen molar-refractivity contribution in [2.24, 2.45) is 0 Å². The van der Waals surface area contributed by atoms with Gasteiger partial charge in [-0.1, -0.05) is 270 Å². The van der Waals surface area contributed by atoms with Gasteiger partial charge < -0.3 is 14.2 Å². The fourth-order valence-corrected chi connectivity index (χ4v) is 8.40. The first kappa shape index (κ1) is 61.9. The van der Waals surface area contributed by atoms with E-state index in [9.17, 15) is 14.4 Å². The lowest BCUT2D eigenvalue weighted by atomic mass is 10.0. The van der Waals surface area contributed by atoms with Crippen molar-refractivity contribution in [2.45, 2.75) is 316 Å². The Morgan fingerprint density at radius 2 is 0.578 bits per heavy atom. The quantitative estimate of drug-likeness (QED) is 0.0262. The number of hydrogen-bond donors (Lipinski definition) is 0. The summed E-state index contributed by atoms with van der Waals surface area (Å²) < 4.78 is 16.8. The van der Waals surface area contributed by atoms with Crippen LogP contribution in [0.25, 0.3) is 0 Å². The second-order valence-electron chi connectivity index (χ2n) is 19.2. The zero-order chi connectivity index (χ0) is 46.5. The minimum absolute atomic E-state index is 0.0717. The molecule has 0 aliphatic heterocycles. The molecule has 6 nitrogen and oxygen atoms in total. The van der Waals surface area contributed by atoms with Gasteiger partial charge in [-0.3, -0.25) is 14.4 Å². The average Bonchev–Trinajstić information content (AvgIpc) is 3.29. The maximum absolute atomic E-state index is 12.8. The fourth-order valence-electron chi connectivity index (χ4n) is 8.40. The van der Waals surface area contributed by atoms with Crippen molar-refractivity contribution in [2.75, 3.05) is 13.2 Å². The van der Waals surface area contributed by atoms with Gasteiger partial charge in [0.15, 0.2) is 6.10 Å². The highest BCUT2D eigenvalue weighted by atomic mass is 16.6. The van der Waals surface area contributed by atoms with Crippen LogP contribution in [-0.4, -0.2) is 37.2 Å². The molecule has 1 atom stereocenters. The van der Waals surface area contributed by atoms with Crippen LogP contribution in [-0.2, 0) is 28.6 Å². The molecule has 0 rings (SSSR count). The molecule has 0 unspecified atom stereocenters. The summed E-state index contributed by atoms with van der Waals surface area (Å²) in [5.41, 5.74) is 0. The summed E-state index contributed by atoms with van der Waals surface area (Å²) in [6, 6.07) is 0. The zero-order valence-corrected chi connectivity index (χ0v) is 43.1. The van der Waals surface area contributed by atoms with E-state index in [1.54, 1.807) is 0 Å². The third kappa shape index (κ3) is 50.9. The van der Waals surface area contributed by atoms with Gasteiger partial charge in [-0.05, 0) is 44.9 Å². The van der Waals surface area contributed by atoms with Crippen molar-refractivity contribution in [3.05, 3.63) is 24.3 Å². The van der Waals surface area contributed by atoms with Crippen LogP contribution in [0.4, 0.5) is 0 Å². The molecule has 0 aliphatic rings. The predicted octanol–water partition coefficient (Wildman–Crippen LogP) is 18.7. The first-order chi connectivity index (χ1) is 31.5. The Morgan fingerprint density at radius 1 is 0.312 bits per heavy atom. The maximum atomic E-state index is 12.8. The number of allylic oxidation sites excluding steroid dienone is 4. The van der Waals surface area contributed by atoms with Crippen molar-refractivity contribution in [3.63, 3.8) is 0 Å². The van der Waals surface area contributed by atoms with Crippen molar-refractivity contribution < 1.29 is 28.6 Å². The summed E-state index contributed by atoms with van der Waals surface area (Å²) in [5.74, 6) is -0.866. The molecular formula is C58H108O6. The van der Waals surface area contributed by atoms with Crippen molar-refractivity contribution in [1.82, 2.24) is 0 Å². The van der Waals surface area contributed by atoms with Gasteiger partial charge in [-0.15, -0.1) is 0 Å². The molecular weight excluding hydrogens is 793 g/mol. The van der Waals surface area contributed by atoms with E-state index in [0.29, 0.717) is 19.3 Å². The molecule has 0 spiro atoms. The third-order valence-electron chi connectivity index (χ3n) is 12.7. The largest absolute Gasteiger partial charge is 0.462 e. The van der Waals surface area contributed by atoms with Gasteiger partial charge in [0.05, 0.1) is 0 Å². The van der Waals surface area contributed by atoms with Crippen molar-refractivity contribution in [3.8, 4) is 0 Å². The highest BCUT2D eigenvalue weighted by molar-refractivity contribution is 5.71. The van der Waals surface area contributed by atoms with Crippen LogP contribution in [0.1, 0.15) is 310 Å².